The second kappa shape index (κ2) is 4.90. The van der Waals surface area contributed by atoms with Crippen LogP contribution >= 0.6 is 0 Å². The topological polar surface area (TPSA) is 72.9 Å². The van der Waals surface area contributed by atoms with Gasteiger partial charge in [0.05, 0.1) is 18.3 Å². The van der Waals surface area contributed by atoms with Gasteiger partial charge in [-0.25, -0.2) is 0 Å². The second-order valence-corrected chi connectivity index (χ2v) is 5.50. The fourth-order valence-corrected chi connectivity index (χ4v) is 2.98. The van der Waals surface area contributed by atoms with Crippen molar-refractivity contribution in [3.05, 3.63) is 30.5 Å². The van der Waals surface area contributed by atoms with Crippen molar-refractivity contribution in [2.75, 3.05) is 6.54 Å². The number of nitrogens with one attached hydrogen (secondary N) is 1. The van der Waals surface area contributed by atoms with Gasteiger partial charge in [0.2, 0.25) is 5.91 Å². The van der Waals surface area contributed by atoms with Crippen LogP contribution in [0.5, 0.6) is 0 Å². The first-order chi connectivity index (χ1) is 9.67. The molecule has 3 N–H and O–H groups in total. The van der Waals surface area contributed by atoms with Crippen molar-refractivity contribution in [3.8, 4) is 0 Å². The zero-order valence-electron chi connectivity index (χ0n) is 11.7. The lowest BCUT2D eigenvalue weighted by Gasteiger charge is -2.31. The molecule has 0 aliphatic heterocycles. The van der Waals surface area contributed by atoms with Gasteiger partial charge in [-0.3, -0.25) is 9.48 Å². The van der Waals surface area contributed by atoms with Gasteiger partial charge in [-0.2, -0.15) is 5.10 Å². The number of carbonyl (C=O) groups is 1. The first-order valence-electron chi connectivity index (χ1n) is 7.13. The zero-order valence-corrected chi connectivity index (χ0v) is 11.7. The normalized spacial score (nSPS) is 18.1. The van der Waals surface area contributed by atoms with Crippen LogP contribution in [0.2, 0.25) is 0 Å². The summed E-state index contributed by atoms with van der Waals surface area (Å²) in [5.41, 5.74) is 6.08. The molecule has 1 fully saturated rings. The largest absolute Gasteiger partial charge is 0.368 e. The fourth-order valence-electron chi connectivity index (χ4n) is 2.98. The summed E-state index contributed by atoms with van der Waals surface area (Å²) in [7, 11) is 0. The SMILES string of the molecule is CCNC(Cn1ncc2ccccc21)(C(N)=O)C1CC1. The number of hydrogen-bond donors (Lipinski definition) is 2. The Hall–Kier alpha value is -1.88. The zero-order chi connectivity index (χ0) is 14.2. The molecular weight excluding hydrogens is 252 g/mol. The van der Waals surface area contributed by atoms with Gasteiger partial charge in [0, 0.05) is 5.39 Å². The lowest BCUT2D eigenvalue weighted by atomic mass is 9.92. The van der Waals surface area contributed by atoms with Crippen molar-refractivity contribution in [2.45, 2.75) is 31.8 Å². The maximum atomic E-state index is 12.1. The number of nitrogens with two attached hydrogens (primary N) is 1. The summed E-state index contributed by atoms with van der Waals surface area (Å²) in [6, 6.07) is 8.01. The van der Waals surface area contributed by atoms with Crippen LogP contribution in [-0.2, 0) is 11.3 Å². The van der Waals surface area contributed by atoms with Gasteiger partial charge in [-0.15, -0.1) is 0 Å². The third kappa shape index (κ3) is 2.08. The third-order valence-electron chi connectivity index (χ3n) is 4.16. The van der Waals surface area contributed by atoms with Gasteiger partial charge in [0.1, 0.15) is 5.54 Å². The molecule has 0 bridgehead atoms. The maximum absolute atomic E-state index is 12.1. The van der Waals surface area contributed by atoms with Crippen molar-refractivity contribution in [1.29, 1.82) is 0 Å². The number of benzene rings is 1. The van der Waals surface area contributed by atoms with Crippen LogP contribution < -0.4 is 11.1 Å². The predicted octanol–water partition coefficient (Wildman–Crippen LogP) is 1.28. The van der Waals surface area contributed by atoms with Gasteiger partial charge in [-0.1, -0.05) is 25.1 Å². The van der Waals surface area contributed by atoms with E-state index in [4.69, 9.17) is 5.73 Å². The number of likely N-dealkylation sites (N-methyl/N-ethyl adjacent to an activating group) is 1. The number of para-hydroxylation sites is 1. The molecule has 0 radical (unpaired) electrons. The van der Waals surface area contributed by atoms with Crippen LogP contribution in [0.25, 0.3) is 10.9 Å². The van der Waals surface area contributed by atoms with E-state index in [9.17, 15) is 4.79 Å². The van der Waals surface area contributed by atoms with Crippen molar-refractivity contribution in [2.24, 2.45) is 11.7 Å². The molecule has 1 heterocycles. The molecule has 1 aromatic carbocycles. The van der Waals surface area contributed by atoms with Crippen LogP contribution in [0.15, 0.2) is 30.5 Å². The molecule has 0 saturated heterocycles. The summed E-state index contributed by atoms with van der Waals surface area (Å²) in [5, 5.41) is 8.83. The standard InChI is InChI=1S/C15H20N4O/c1-2-17-15(14(16)20,12-7-8-12)10-19-13-6-4-3-5-11(13)9-18-19/h3-6,9,12,17H,2,7-8,10H2,1H3,(H2,16,20). The number of carbonyl (C=O) groups excluding carboxylic acids is 1. The monoisotopic (exact) mass is 272 g/mol. The molecule has 1 aliphatic carbocycles. The molecular formula is C15H20N4O. The minimum Gasteiger partial charge on any atom is -0.368 e. The molecule has 1 atom stereocenters. The Bertz CT molecular complexity index is 632. The van der Waals surface area contributed by atoms with Crippen molar-refractivity contribution < 1.29 is 4.79 Å². The molecule has 1 amide bonds. The lowest BCUT2D eigenvalue weighted by Crippen LogP contribution is -2.60. The molecule has 1 aliphatic rings. The lowest BCUT2D eigenvalue weighted by molar-refractivity contribution is -0.126. The van der Waals surface area contributed by atoms with Crippen LogP contribution in [0.4, 0.5) is 0 Å². The Labute approximate surface area is 118 Å². The molecule has 1 saturated carbocycles. The van der Waals surface area contributed by atoms with Crippen LogP contribution in [0.3, 0.4) is 0 Å². The highest BCUT2D eigenvalue weighted by atomic mass is 16.1. The van der Waals surface area contributed by atoms with E-state index in [2.05, 4.69) is 10.4 Å². The fraction of sp³-hybridized carbons (Fsp3) is 0.467. The Balaban J connectivity index is 1.99. The number of nitrogens with zero attached hydrogens (tertiary/aromatic N) is 2. The highest BCUT2D eigenvalue weighted by Gasteiger charge is 2.49. The molecule has 3 rings (SSSR count). The van der Waals surface area contributed by atoms with Crippen molar-refractivity contribution in [3.63, 3.8) is 0 Å². The molecule has 0 spiro atoms. The molecule has 20 heavy (non-hydrogen) atoms. The number of fused-ring (bicyclic) bond motifs is 1. The quantitative estimate of drug-likeness (QED) is 0.832. The van der Waals surface area contributed by atoms with Gasteiger partial charge in [0.15, 0.2) is 0 Å². The minimum absolute atomic E-state index is 0.276. The van der Waals surface area contributed by atoms with Gasteiger partial charge in [-0.05, 0) is 31.4 Å². The Morgan fingerprint density at radius 1 is 1.50 bits per heavy atom. The van der Waals surface area contributed by atoms with E-state index in [-0.39, 0.29) is 5.91 Å². The number of amides is 1. The number of hydrogen-bond acceptors (Lipinski definition) is 3. The summed E-state index contributed by atoms with van der Waals surface area (Å²) in [5.74, 6) is 0.0457. The third-order valence-corrected chi connectivity index (χ3v) is 4.16. The van der Waals surface area contributed by atoms with E-state index in [1.165, 1.54) is 0 Å². The number of aromatic nitrogens is 2. The summed E-state index contributed by atoms with van der Waals surface area (Å²) in [6.45, 7) is 3.22. The van der Waals surface area contributed by atoms with Gasteiger partial charge < -0.3 is 11.1 Å². The van der Waals surface area contributed by atoms with E-state index >= 15 is 0 Å². The molecule has 2 aromatic rings. The maximum Gasteiger partial charge on any atom is 0.239 e. The molecule has 1 aromatic heterocycles. The first kappa shape index (κ1) is 13.1. The first-order valence-corrected chi connectivity index (χ1v) is 7.13. The summed E-state index contributed by atoms with van der Waals surface area (Å²) >= 11 is 0. The highest BCUT2D eigenvalue weighted by molar-refractivity contribution is 5.86. The molecule has 1 unspecified atom stereocenters. The van der Waals surface area contributed by atoms with Crippen LogP contribution in [-0.4, -0.2) is 27.8 Å². The van der Waals surface area contributed by atoms with Crippen molar-refractivity contribution in [1.82, 2.24) is 15.1 Å². The summed E-state index contributed by atoms with van der Waals surface area (Å²) in [4.78, 5) is 12.1. The Morgan fingerprint density at radius 2 is 2.25 bits per heavy atom. The van der Waals surface area contributed by atoms with Gasteiger partial charge in [0.25, 0.3) is 0 Å². The van der Waals surface area contributed by atoms with E-state index in [1.807, 2.05) is 42.1 Å². The minimum atomic E-state index is -0.677. The van der Waals surface area contributed by atoms with E-state index in [0.717, 1.165) is 30.3 Å². The van der Waals surface area contributed by atoms with Crippen LogP contribution in [0.1, 0.15) is 19.8 Å². The molecule has 5 nitrogen and oxygen atoms in total. The summed E-state index contributed by atoms with van der Waals surface area (Å²) in [6.07, 6.45) is 3.93. The van der Waals surface area contributed by atoms with Crippen LogP contribution in [0, 0.1) is 5.92 Å². The van der Waals surface area contributed by atoms with E-state index in [0.29, 0.717) is 12.5 Å². The van der Waals surface area contributed by atoms with E-state index in [1.54, 1.807) is 0 Å². The average Bonchev–Trinajstić information content (AvgIpc) is 3.21. The van der Waals surface area contributed by atoms with E-state index < -0.39 is 5.54 Å². The average molecular weight is 272 g/mol. The predicted molar refractivity (Wildman–Crippen MR) is 78.1 cm³/mol. The smallest absolute Gasteiger partial charge is 0.239 e. The second-order valence-electron chi connectivity index (χ2n) is 5.50. The number of primary amides is 1. The summed E-state index contributed by atoms with van der Waals surface area (Å²) < 4.78 is 1.89. The Morgan fingerprint density at radius 3 is 2.90 bits per heavy atom. The molecule has 5 heteroatoms. The molecule has 106 valence electrons. The number of rotatable bonds is 6. The van der Waals surface area contributed by atoms with Crippen molar-refractivity contribution >= 4 is 16.8 Å². The van der Waals surface area contributed by atoms with Gasteiger partial charge >= 0.3 is 0 Å². The Kier molecular flexibility index (Phi) is 3.22. The highest BCUT2D eigenvalue weighted by Crippen LogP contribution is 2.40.